The average molecular weight is 345 g/mol. The summed E-state index contributed by atoms with van der Waals surface area (Å²) in [6.45, 7) is 0.756. The van der Waals surface area contributed by atoms with Crippen LogP contribution in [-0.2, 0) is 4.79 Å². The van der Waals surface area contributed by atoms with E-state index in [4.69, 9.17) is 10.5 Å². The maximum Gasteiger partial charge on any atom is 0.322 e. The summed E-state index contributed by atoms with van der Waals surface area (Å²) in [4.78, 5) is 44.8. The second kappa shape index (κ2) is 6.80. The van der Waals surface area contributed by atoms with Crippen molar-refractivity contribution in [2.75, 3.05) is 25.5 Å². The van der Waals surface area contributed by atoms with Crippen LogP contribution in [0.2, 0.25) is 0 Å². The lowest BCUT2D eigenvalue weighted by atomic mass is 9.98. The second-order valence-corrected chi connectivity index (χ2v) is 5.90. The Hall–Kier alpha value is -3.10. The van der Waals surface area contributed by atoms with Crippen molar-refractivity contribution in [2.45, 2.75) is 12.8 Å². The Morgan fingerprint density at radius 1 is 1.44 bits per heavy atom. The number of amides is 3. The van der Waals surface area contributed by atoms with Crippen LogP contribution in [0.4, 0.5) is 10.5 Å². The van der Waals surface area contributed by atoms with Gasteiger partial charge in [-0.15, -0.1) is 0 Å². The minimum Gasteiger partial charge on any atom is -0.481 e. The number of anilines is 1. The van der Waals surface area contributed by atoms with Crippen molar-refractivity contribution in [1.82, 2.24) is 14.9 Å². The Kier molecular flexibility index (Phi) is 4.55. The predicted octanol–water partition coefficient (Wildman–Crippen LogP) is 0.661. The lowest BCUT2D eigenvalue weighted by Gasteiger charge is -2.31. The van der Waals surface area contributed by atoms with E-state index in [0.29, 0.717) is 30.8 Å². The standard InChI is InChI=1S/C16H19N5O4/c1-25-12-5-4-10-13(20-12)14(22)11(7-18-10)19-16(24)21-6-2-3-9(8-21)15(17)23/h4-5,7,9H,2-3,6,8H2,1H3,(H2,17,23)(H,18,22)(H,19,24)/t9-/m1/s1. The van der Waals surface area contributed by atoms with Crippen molar-refractivity contribution >= 4 is 28.7 Å². The Labute approximate surface area is 143 Å². The third-order valence-corrected chi connectivity index (χ3v) is 4.26. The molecule has 0 bridgehead atoms. The molecule has 3 heterocycles. The summed E-state index contributed by atoms with van der Waals surface area (Å²) in [5, 5.41) is 2.58. The number of ether oxygens (including phenoxy) is 1. The van der Waals surface area contributed by atoms with Crippen LogP contribution in [0.25, 0.3) is 11.0 Å². The number of rotatable bonds is 3. The van der Waals surface area contributed by atoms with Gasteiger partial charge >= 0.3 is 6.03 Å². The number of hydrogen-bond donors (Lipinski definition) is 3. The molecule has 0 radical (unpaired) electrons. The minimum absolute atomic E-state index is 0.0828. The molecule has 1 aliphatic heterocycles. The van der Waals surface area contributed by atoms with E-state index < -0.39 is 17.4 Å². The highest BCUT2D eigenvalue weighted by Gasteiger charge is 2.27. The lowest BCUT2D eigenvalue weighted by Crippen LogP contribution is -2.46. The zero-order valence-corrected chi connectivity index (χ0v) is 13.7. The molecule has 1 saturated heterocycles. The van der Waals surface area contributed by atoms with Crippen molar-refractivity contribution in [3.63, 3.8) is 0 Å². The Morgan fingerprint density at radius 3 is 2.96 bits per heavy atom. The fourth-order valence-electron chi connectivity index (χ4n) is 2.87. The van der Waals surface area contributed by atoms with Gasteiger partial charge in [0.05, 0.1) is 18.5 Å². The third kappa shape index (κ3) is 3.39. The van der Waals surface area contributed by atoms with E-state index in [2.05, 4.69) is 15.3 Å². The number of carbonyl (C=O) groups excluding carboxylic acids is 2. The molecule has 9 heteroatoms. The summed E-state index contributed by atoms with van der Waals surface area (Å²) in [5.74, 6) is -0.473. The van der Waals surface area contributed by atoms with Crippen molar-refractivity contribution in [1.29, 1.82) is 0 Å². The summed E-state index contributed by atoms with van der Waals surface area (Å²) in [6.07, 6.45) is 2.78. The first kappa shape index (κ1) is 16.7. The zero-order valence-electron chi connectivity index (χ0n) is 13.7. The zero-order chi connectivity index (χ0) is 18.0. The maximum atomic E-state index is 12.5. The molecule has 3 rings (SSSR count). The number of piperidine rings is 1. The monoisotopic (exact) mass is 345 g/mol. The number of methoxy groups -OCH3 is 1. The number of fused-ring (bicyclic) bond motifs is 1. The van der Waals surface area contributed by atoms with Crippen LogP contribution in [0.15, 0.2) is 23.1 Å². The van der Waals surface area contributed by atoms with Gasteiger partial charge in [0, 0.05) is 25.4 Å². The number of primary amides is 1. The molecule has 4 N–H and O–H groups in total. The number of nitrogens with zero attached hydrogens (tertiary/aromatic N) is 2. The Balaban J connectivity index is 1.82. The average Bonchev–Trinajstić information content (AvgIpc) is 2.63. The predicted molar refractivity (Wildman–Crippen MR) is 91.4 cm³/mol. The van der Waals surface area contributed by atoms with Crippen molar-refractivity contribution in [3.8, 4) is 5.88 Å². The molecule has 9 nitrogen and oxygen atoms in total. The number of hydrogen-bond acceptors (Lipinski definition) is 5. The van der Waals surface area contributed by atoms with Crippen molar-refractivity contribution in [3.05, 3.63) is 28.6 Å². The highest BCUT2D eigenvalue weighted by molar-refractivity contribution is 5.91. The number of urea groups is 1. The number of nitrogens with two attached hydrogens (primary N) is 1. The molecular formula is C16H19N5O4. The molecule has 1 fully saturated rings. The third-order valence-electron chi connectivity index (χ3n) is 4.26. The van der Waals surface area contributed by atoms with Crippen LogP contribution in [0.1, 0.15) is 12.8 Å². The molecule has 0 spiro atoms. The molecule has 0 unspecified atom stereocenters. The first-order valence-electron chi connectivity index (χ1n) is 7.91. The van der Waals surface area contributed by atoms with E-state index in [-0.39, 0.29) is 23.7 Å². The number of likely N-dealkylation sites (tertiary alicyclic amines) is 1. The summed E-state index contributed by atoms with van der Waals surface area (Å²) in [7, 11) is 1.46. The van der Waals surface area contributed by atoms with Crippen LogP contribution in [0, 0.1) is 5.92 Å². The molecule has 0 aliphatic carbocycles. The van der Waals surface area contributed by atoms with Crippen LogP contribution in [0.3, 0.4) is 0 Å². The van der Waals surface area contributed by atoms with Gasteiger partial charge < -0.3 is 25.7 Å². The van der Waals surface area contributed by atoms with Gasteiger partial charge in [-0.2, -0.15) is 0 Å². The fourth-order valence-corrected chi connectivity index (χ4v) is 2.87. The summed E-state index contributed by atoms with van der Waals surface area (Å²) >= 11 is 0. The van der Waals surface area contributed by atoms with E-state index in [9.17, 15) is 14.4 Å². The van der Waals surface area contributed by atoms with Crippen LogP contribution >= 0.6 is 0 Å². The summed E-state index contributed by atoms with van der Waals surface area (Å²) < 4.78 is 5.02. The molecule has 132 valence electrons. The number of aromatic amines is 1. The number of aromatic nitrogens is 2. The number of H-pyrrole nitrogens is 1. The molecular weight excluding hydrogens is 326 g/mol. The highest BCUT2D eigenvalue weighted by Crippen LogP contribution is 2.18. The SMILES string of the molecule is COc1ccc2[nH]cc(NC(=O)N3CCC[C@@H](C(N)=O)C3)c(=O)c2n1. The van der Waals surface area contributed by atoms with E-state index in [1.54, 1.807) is 12.1 Å². The van der Waals surface area contributed by atoms with Gasteiger partial charge in [0.2, 0.25) is 17.2 Å². The lowest BCUT2D eigenvalue weighted by molar-refractivity contribution is -0.123. The fraction of sp³-hybridized carbons (Fsp3) is 0.375. The van der Waals surface area contributed by atoms with Gasteiger partial charge in [-0.3, -0.25) is 9.59 Å². The second-order valence-electron chi connectivity index (χ2n) is 5.90. The minimum atomic E-state index is -0.446. The van der Waals surface area contributed by atoms with E-state index in [0.717, 1.165) is 0 Å². The molecule has 0 aromatic carbocycles. The van der Waals surface area contributed by atoms with Crippen LogP contribution in [0.5, 0.6) is 5.88 Å². The summed E-state index contributed by atoms with van der Waals surface area (Å²) in [5.41, 5.74) is 5.70. The van der Waals surface area contributed by atoms with E-state index >= 15 is 0 Å². The van der Waals surface area contributed by atoms with Gasteiger partial charge in [0.1, 0.15) is 11.2 Å². The van der Waals surface area contributed by atoms with E-state index in [1.165, 1.54) is 18.2 Å². The highest BCUT2D eigenvalue weighted by atomic mass is 16.5. The number of nitrogens with one attached hydrogen (secondary N) is 2. The molecule has 25 heavy (non-hydrogen) atoms. The quantitative estimate of drug-likeness (QED) is 0.752. The molecule has 2 aromatic heterocycles. The molecule has 0 saturated carbocycles. The van der Waals surface area contributed by atoms with Crippen LogP contribution < -0.4 is 21.2 Å². The normalized spacial score (nSPS) is 17.3. The van der Waals surface area contributed by atoms with Gasteiger partial charge in [-0.05, 0) is 18.9 Å². The topological polar surface area (TPSA) is 130 Å². The Bertz CT molecular complexity index is 878. The molecule has 1 aliphatic rings. The largest absolute Gasteiger partial charge is 0.481 e. The summed E-state index contributed by atoms with van der Waals surface area (Å²) in [6, 6.07) is 2.86. The van der Waals surface area contributed by atoms with Gasteiger partial charge in [-0.25, -0.2) is 9.78 Å². The van der Waals surface area contributed by atoms with Crippen molar-refractivity contribution in [2.24, 2.45) is 11.7 Å². The van der Waals surface area contributed by atoms with Crippen molar-refractivity contribution < 1.29 is 14.3 Å². The molecule has 2 aromatic rings. The maximum absolute atomic E-state index is 12.5. The van der Waals surface area contributed by atoms with E-state index in [1.807, 2.05) is 0 Å². The first-order valence-corrected chi connectivity index (χ1v) is 7.91. The molecule has 3 amide bonds. The first-order chi connectivity index (χ1) is 12.0. The number of pyridine rings is 2. The van der Waals surface area contributed by atoms with Gasteiger partial charge in [-0.1, -0.05) is 0 Å². The molecule has 1 atom stereocenters. The van der Waals surface area contributed by atoms with Crippen LogP contribution in [-0.4, -0.2) is 47.0 Å². The number of carbonyl (C=O) groups is 2. The van der Waals surface area contributed by atoms with Gasteiger partial charge in [0.15, 0.2) is 0 Å². The van der Waals surface area contributed by atoms with Gasteiger partial charge in [0.25, 0.3) is 0 Å². The smallest absolute Gasteiger partial charge is 0.322 e. The Morgan fingerprint density at radius 2 is 2.24 bits per heavy atom.